The predicted octanol–water partition coefficient (Wildman–Crippen LogP) is 2.00. The van der Waals surface area contributed by atoms with Gasteiger partial charge in [0.15, 0.2) is 5.82 Å². The molecule has 0 unspecified atom stereocenters. The Morgan fingerprint density at radius 2 is 1.71 bits per heavy atom. The van der Waals surface area contributed by atoms with Gasteiger partial charge < -0.3 is 9.84 Å². The fourth-order valence-corrected chi connectivity index (χ4v) is 1.08. The third-order valence-electron chi connectivity index (χ3n) is 1.72. The average Bonchev–Trinajstić information content (AvgIpc) is 2.47. The van der Waals surface area contributed by atoms with Crippen LogP contribution in [-0.4, -0.2) is 29.5 Å². The molecule has 0 fully saturated rings. The van der Waals surface area contributed by atoms with E-state index < -0.39 is 24.2 Å². The molecule has 1 N–H and O–H groups in total. The molecule has 0 saturated heterocycles. The first-order chi connectivity index (χ1) is 7.66. The summed E-state index contributed by atoms with van der Waals surface area (Å²) in [4.78, 5) is 3.05. The summed E-state index contributed by atoms with van der Waals surface area (Å²) in [5.41, 5.74) is 0. The number of hydrogen-bond acceptors (Lipinski definition) is 4. The Bertz CT molecular complexity index is 356. The molecule has 1 aromatic rings. The zero-order chi connectivity index (χ0) is 13.3. The molecule has 0 aliphatic carbocycles. The highest BCUT2D eigenvalue weighted by atomic mass is 19.4. The minimum atomic E-state index is -5.53. The molecular formula is C7H7F6N3O. The van der Waals surface area contributed by atoms with E-state index in [9.17, 15) is 26.3 Å². The molecule has 98 valence electrons. The Labute approximate surface area is 91.0 Å². The summed E-state index contributed by atoms with van der Waals surface area (Å²) in [5.74, 6) is -5.54. The van der Waals surface area contributed by atoms with Crippen molar-refractivity contribution in [3.63, 3.8) is 0 Å². The van der Waals surface area contributed by atoms with Gasteiger partial charge in [-0.2, -0.15) is 31.3 Å². The van der Waals surface area contributed by atoms with Crippen molar-refractivity contribution in [1.29, 1.82) is 0 Å². The van der Waals surface area contributed by atoms with Crippen LogP contribution in [0.1, 0.15) is 17.6 Å². The highest BCUT2D eigenvalue weighted by Gasteiger charge is 2.60. The fraction of sp³-hybridized carbons (Fsp3) is 0.714. The lowest BCUT2D eigenvalue weighted by Gasteiger charge is -2.18. The predicted molar refractivity (Wildman–Crippen MR) is 41.9 cm³/mol. The molecule has 1 heterocycles. The van der Waals surface area contributed by atoms with Crippen molar-refractivity contribution in [3.8, 4) is 0 Å². The molecule has 0 aromatic carbocycles. The van der Waals surface area contributed by atoms with E-state index in [2.05, 4.69) is 20.0 Å². The van der Waals surface area contributed by atoms with E-state index in [4.69, 9.17) is 0 Å². The van der Waals surface area contributed by atoms with Crippen LogP contribution < -0.4 is 5.32 Å². The number of nitrogens with zero attached hydrogens (tertiary/aromatic N) is 2. The number of alkyl halides is 6. The molecule has 10 heteroatoms. The third kappa shape index (κ3) is 3.32. The van der Waals surface area contributed by atoms with Gasteiger partial charge in [-0.3, -0.25) is 0 Å². The molecule has 1 aromatic heterocycles. The molecule has 0 saturated carbocycles. The SMILES string of the molecule is CNCc1noc(C(C(F)(F)F)C(F)(F)F)n1. The van der Waals surface area contributed by atoms with E-state index in [1.807, 2.05) is 0 Å². The molecule has 1 rings (SSSR count). The number of nitrogens with one attached hydrogen (secondary N) is 1. The maximum atomic E-state index is 12.2. The minimum absolute atomic E-state index is 0.0913. The highest BCUT2D eigenvalue weighted by Crippen LogP contribution is 2.45. The Hall–Kier alpha value is -1.32. The number of hydrogen-bond donors (Lipinski definition) is 1. The zero-order valence-electron chi connectivity index (χ0n) is 8.35. The van der Waals surface area contributed by atoms with Crippen molar-refractivity contribution in [2.75, 3.05) is 7.05 Å². The Balaban J connectivity index is 3.06. The second-order valence-corrected chi connectivity index (χ2v) is 3.10. The van der Waals surface area contributed by atoms with Crippen molar-refractivity contribution < 1.29 is 30.9 Å². The monoisotopic (exact) mass is 263 g/mol. The molecular weight excluding hydrogens is 256 g/mol. The van der Waals surface area contributed by atoms with E-state index in [0.717, 1.165) is 0 Å². The third-order valence-corrected chi connectivity index (χ3v) is 1.72. The van der Waals surface area contributed by atoms with Crippen LogP contribution in [0.3, 0.4) is 0 Å². The largest absolute Gasteiger partial charge is 0.409 e. The highest BCUT2D eigenvalue weighted by molar-refractivity contribution is 5.01. The van der Waals surface area contributed by atoms with E-state index >= 15 is 0 Å². The maximum absolute atomic E-state index is 12.2. The minimum Gasteiger partial charge on any atom is -0.338 e. The van der Waals surface area contributed by atoms with Gasteiger partial charge in [0.2, 0.25) is 11.8 Å². The van der Waals surface area contributed by atoms with Crippen molar-refractivity contribution >= 4 is 0 Å². The van der Waals surface area contributed by atoms with E-state index in [-0.39, 0.29) is 12.4 Å². The molecule has 0 atom stereocenters. The number of rotatable bonds is 3. The molecule has 0 radical (unpaired) electrons. The average molecular weight is 263 g/mol. The Morgan fingerprint density at radius 1 is 1.18 bits per heavy atom. The number of halogens is 6. The summed E-state index contributed by atoms with van der Waals surface area (Å²) in [6, 6.07) is 0. The van der Waals surface area contributed by atoms with Crippen LogP contribution in [0.15, 0.2) is 4.52 Å². The quantitative estimate of drug-likeness (QED) is 0.847. The molecule has 4 nitrogen and oxygen atoms in total. The lowest BCUT2D eigenvalue weighted by molar-refractivity contribution is -0.259. The van der Waals surface area contributed by atoms with Crippen LogP contribution in [0, 0.1) is 0 Å². The Kier molecular flexibility index (Phi) is 3.65. The van der Waals surface area contributed by atoms with Crippen LogP contribution in [0.2, 0.25) is 0 Å². The lowest BCUT2D eigenvalue weighted by Crippen LogP contribution is -2.34. The summed E-state index contributed by atoms with van der Waals surface area (Å²) in [5, 5.41) is 5.47. The molecule has 0 spiro atoms. The summed E-state index contributed by atoms with van der Waals surface area (Å²) in [6.07, 6.45) is -11.1. The maximum Gasteiger partial charge on any atom is 0.409 e. The number of aromatic nitrogens is 2. The Morgan fingerprint density at radius 3 is 2.12 bits per heavy atom. The van der Waals surface area contributed by atoms with Gasteiger partial charge in [0.05, 0.1) is 6.54 Å². The van der Waals surface area contributed by atoms with Crippen LogP contribution >= 0.6 is 0 Å². The normalized spacial score (nSPS) is 13.4. The van der Waals surface area contributed by atoms with Crippen LogP contribution in [0.25, 0.3) is 0 Å². The van der Waals surface area contributed by atoms with Crippen LogP contribution in [-0.2, 0) is 6.54 Å². The first kappa shape index (κ1) is 13.7. The van der Waals surface area contributed by atoms with Crippen molar-refractivity contribution in [1.82, 2.24) is 15.5 Å². The first-order valence-corrected chi connectivity index (χ1v) is 4.26. The van der Waals surface area contributed by atoms with Gasteiger partial charge >= 0.3 is 12.4 Å². The van der Waals surface area contributed by atoms with Gasteiger partial charge in [-0.25, -0.2) is 0 Å². The van der Waals surface area contributed by atoms with E-state index in [1.165, 1.54) is 7.05 Å². The van der Waals surface area contributed by atoms with Crippen LogP contribution in [0.5, 0.6) is 0 Å². The van der Waals surface area contributed by atoms with Crippen LogP contribution in [0.4, 0.5) is 26.3 Å². The molecule has 0 aliphatic rings. The van der Waals surface area contributed by atoms with Gasteiger partial charge in [-0.15, -0.1) is 0 Å². The van der Waals surface area contributed by atoms with Gasteiger partial charge in [0, 0.05) is 0 Å². The second kappa shape index (κ2) is 4.51. The van der Waals surface area contributed by atoms with Gasteiger partial charge in [-0.05, 0) is 7.05 Å². The standard InChI is InChI=1S/C7H7F6N3O/c1-14-2-3-15-5(17-16-3)4(6(8,9)10)7(11,12)13/h4,14H,2H2,1H3. The lowest BCUT2D eigenvalue weighted by atomic mass is 10.1. The van der Waals surface area contributed by atoms with E-state index in [0.29, 0.717) is 0 Å². The van der Waals surface area contributed by atoms with E-state index in [1.54, 1.807) is 0 Å². The van der Waals surface area contributed by atoms with Crippen molar-refractivity contribution in [2.45, 2.75) is 24.8 Å². The summed E-state index contributed by atoms with van der Waals surface area (Å²) < 4.78 is 77.4. The smallest absolute Gasteiger partial charge is 0.338 e. The van der Waals surface area contributed by atoms with Gasteiger partial charge in [0.25, 0.3) is 0 Å². The molecule has 0 aliphatic heterocycles. The fourth-order valence-electron chi connectivity index (χ4n) is 1.08. The van der Waals surface area contributed by atoms with Crippen molar-refractivity contribution in [2.24, 2.45) is 0 Å². The van der Waals surface area contributed by atoms with Crippen molar-refractivity contribution in [3.05, 3.63) is 11.7 Å². The zero-order valence-corrected chi connectivity index (χ0v) is 8.35. The van der Waals surface area contributed by atoms with Gasteiger partial charge in [0.1, 0.15) is 0 Å². The topological polar surface area (TPSA) is 51.0 Å². The first-order valence-electron chi connectivity index (χ1n) is 4.26. The second-order valence-electron chi connectivity index (χ2n) is 3.10. The molecule has 0 bridgehead atoms. The molecule has 17 heavy (non-hydrogen) atoms. The summed E-state index contributed by atoms with van der Waals surface area (Å²) >= 11 is 0. The summed E-state index contributed by atoms with van der Waals surface area (Å²) in [6.45, 7) is -0.0913. The molecule has 0 amide bonds. The van der Waals surface area contributed by atoms with Gasteiger partial charge in [-0.1, -0.05) is 5.16 Å². The summed E-state index contributed by atoms with van der Waals surface area (Å²) in [7, 11) is 1.43.